The summed E-state index contributed by atoms with van der Waals surface area (Å²) >= 11 is -0.407. The SMILES string of the molecule is CC(C)[CH2][Al]([CH2]C(C)C)[CH2]C(C)C.CCCCCCCC. The number of unbranched alkanes of at least 4 members (excludes halogenated alkanes) is 5. The second-order valence-corrected chi connectivity index (χ2v) is 11.3. The van der Waals surface area contributed by atoms with E-state index in [1.54, 1.807) is 15.8 Å². The Labute approximate surface area is 141 Å². The van der Waals surface area contributed by atoms with Gasteiger partial charge in [-0.25, -0.2) is 0 Å². The minimum absolute atomic E-state index is 0.407. The maximum absolute atomic E-state index is 2.38. The lowest BCUT2D eigenvalue weighted by Crippen LogP contribution is -2.19. The summed E-state index contributed by atoms with van der Waals surface area (Å²) in [4.78, 5) is 0. The van der Waals surface area contributed by atoms with E-state index in [4.69, 9.17) is 0 Å². The summed E-state index contributed by atoms with van der Waals surface area (Å²) in [5.41, 5.74) is 0. The van der Waals surface area contributed by atoms with Gasteiger partial charge in [-0.3, -0.25) is 0 Å². The van der Waals surface area contributed by atoms with Crippen molar-refractivity contribution >= 4 is 14.1 Å². The molecule has 0 aromatic rings. The van der Waals surface area contributed by atoms with Gasteiger partial charge in [0.15, 0.2) is 0 Å². The molecular formula is C20H45Al. The first-order chi connectivity index (χ1) is 9.83. The molecule has 0 aromatic heterocycles. The van der Waals surface area contributed by atoms with Crippen LogP contribution in [0.3, 0.4) is 0 Å². The third-order valence-electron chi connectivity index (χ3n) is 3.87. The van der Waals surface area contributed by atoms with E-state index in [2.05, 4.69) is 55.4 Å². The van der Waals surface area contributed by atoms with Gasteiger partial charge < -0.3 is 0 Å². The van der Waals surface area contributed by atoms with E-state index in [0.717, 1.165) is 17.8 Å². The fourth-order valence-corrected chi connectivity index (χ4v) is 7.72. The molecule has 21 heavy (non-hydrogen) atoms. The minimum Gasteiger partial charge on any atom is -0.0915 e. The van der Waals surface area contributed by atoms with Gasteiger partial charge in [-0.15, -0.1) is 0 Å². The fraction of sp³-hybridized carbons (Fsp3) is 1.00. The van der Waals surface area contributed by atoms with Crippen LogP contribution < -0.4 is 0 Å². The zero-order valence-corrected chi connectivity index (χ0v) is 17.8. The van der Waals surface area contributed by atoms with Crippen molar-refractivity contribution in [3.63, 3.8) is 0 Å². The van der Waals surface area contributed by atoms with Crippen molar-refractivity contribution in [2.75, 3.05) is 0 Å². The van der Waals surface area contributed by atoms with E-state index >= 15 is 0 Å². The molecule has 0 saturated carbocycles. The zero-order chi connectivity index (χ0) is 16.7. The van der Waals surface area contributed by atoms with Crippen LogP contribution in [0.4, 0.5) is 0 Å². The molecule has 0 aromatic carbocycles. The van der Waals surface area contributed by atoms with Gasteiger partial charge in [0.25, 0.3) is 14.1 Å². The molecule has 0 heterocycles. The Kier molecular flexibility index (Phi) is 19.1. The topological polar surface area (TPSA) is 0 Å². The van der Waals surface area contributed by atoms with Crippen molar-refractivity contribution in [2.45, 2.75) is 110 Å². The second-order valence-electron chi connectivity index (χ2n) is 8.17. The minimum atomic E-state index is -0.407. The summed E-state index contributed by atoms with van der Waals surface area (Å²) in [5, 5.41) is 4.66. The summed E-state index contributed by atoms with van der Waals surface area (Å²) in [7, 11) is 0. The molecule has 0 fully saturated rings. The Hall–Kier alpha value is 0.532. The van der Waals surface area contributed by atoms with Gasteiger partial charge in [-0.1, -0.05) is 128 Å². The highest BCUT2D eigenvalue weighted by Gasteiger charge is 2.20. The first-order valence-electron chi connectivity index (χ1n) is 9.83. The molecular weight excluding hydrogens is 267 g/mol. The van der Waals surface area contributed by atoms with E-state index in [1.165, 1.54) is 38.5 Å². The first kappa shape index (κ1) is 23.8. The van der Waals surface area contributed by atoms with E-state index in [0.29, 0.717) is 0 Å². The molecule has 1 heteroatoms. The van der Waals surface area contributed by atoms with Crippen LogP contribution in [0.2, 0.25) is 15.8 Å². The Morgan fingerprint density at radius 1 is 0.524 bits per heavy atom. The fourth-order valence-electron chi connectivity index (χ4n) is 3.14. The predicted molar refractivity (Wildman–Crippen MR) is 104 cm³/mol. The van der Waals surface area contributed by atoms with E-state index in [1.807, 2.05) is 0 Å². The quantitative estimate of drug-likeness (QED) is 0.269. The third-order valence-corrected chi connectivity index (χ3v) is 8.70. The summed E-state index contributed by atoms with van der Waals surface area (Å²) in [6.45, 7) is 18.8. The van der Waals surface area contributed by atoms with Gasteiger partial charge in [-0.05, 0) is 0 Å². The van der Waals surface area contributed by atoms with E-state index in [9.17, 15) is 0 Å². The molecule has 0 aliphatic carbocycles. The van der Waals surface area contributed by atoms with Crippen molar-refractivity contribution in [1.82, 2.24) is 0 Å². The molecule has 0 radical (unpaired) electrons. The lowest BCUT2D eigenvalue weighted by molar-refractivity contribution is 0.624. The lowest BCUT2D eigenvalue weighted by atomic mass is 10.1. The summed E-state index contributed by atoms with van der Waals surface area (Å²) in [6, 6.07) is 0. The third kappa shape index (κ3) is 22.9. The van der Waals surface area contributed by atoms with Gasteiger partial charge in [0.1, 0.15) is 0 Å². The Balaban J connectivity index is 0. The maximum Gasteiger partial charge on any atom is 0.262 e. The molecule has 0 bridgehead atoms. The normalized spacial score (nSPS) is 11.0. The van der Waals surface area contributed by atoms with Crippen molar-refractivity contribution in [2.24, 2.45) is 17.8 Å². The highest BCUT2D eigenvalue weighted by atomic mass is 27.2. The molecule has 0 atom stereocenters. The van der Waals surface area contributed by atoms with Crippen molar-refractivity contribution in [1.29, 1.82) is 0 Å². The predicted octanol–water partition coefficient (Wildman–Crippen LogP) is 7.82. The number of rotatable bonds is 11. The Morgan fingerprint density at radius 2 is 0.810 bits per heavy atom. The van der Waals surface area contributed by atoms with Gasteiger partial charge in [0, 0.05) is 0 Å². The molecule has 0 N–H and O–H groups in total. The Morgan fingerprint density at radius 3 is 1.00 bits per heavy atom. The molecule has 128 valence electrons. The van der Waals surface area contributed by atoms with Crippen molar-refractivity contribution in [3.05, 3.63) is 0 Å². The molecule has 0 unspecified atom stereocenters. The van der Waals surface area contributed by atoms with Crippen LogP contribution in [0, 0.1) is 17.8 Å². The van der Waals surface area contributed by atoms with Crippen LogP contribution in [-0.4, -0.2) is 14.1 Å². The van der Waals surface area contributed by atoms with Crippen LogP contribution in [0.5, 0.6) is 0 Å². The van der Waals surface area contributed by atoms with Crippen LogP contribution in [-0.2, 0) is 0 Å². The average molecular weight is 313 g/mol. The van der Waals surface area contributed by atoms with Crippen LogP contribution in [0.25, 0.3) is 0 Å². The molecule has 0 rings (SSSR count). The van der Waals surface area contributed by atoms with E-state index in [-0.39, 0.29) is 0 Å². The molecule has 0 spiro atoms. The molecule has 0 amide bonds. The first-order valence-corrected chi connectivity index (χ1v) is 12.3. The smallest absolute Gasteiger partial charge is 0.0915 e. The largest absolute Gasteiger partial charge is 0.262 e. The van der Waals surface area contributed by atoms with Gasteiger partial charge in [0.2, 0.25) is 0 Å². The van der Waals surface area contributed by atoms with Crippen LogP contribution in [0.15, 0.2) is 0 Å². The molecule has 0 saturated heterocycles. The van der Waals surface area contributed by atoms with E-state index < -0.39 is 14.1 Å². The number of hydrogen-bond acceptors (Lipinski definition) is 0. The summed E-state index contributed by atoms with van der Waals surface area (Å²) in [6.07, 6.45) is 8.49. The molecule has 0 aliphatic rings. The van der Waals surface area contributed by atoms with Crippen molar-refractivity contribution < 1.29 is 0 Å². The highest BCUT2D eigenvalue weighted by Crippen LogP contribution is 2.21. The van der Waals surface area contributed by atoms with Crippen molar-refractivity contribution in [3.8, 4) is 0 Å². The summed E-state index contributed by atoms with van der Waals surface area (Å²) < 4.78 is 0. The van der Waals surface area contributed by atoms with Gasteiger partial charge >= 0.3 is 0 Å². The standard InChI is InChI=1S/C8H18.3C4H9.Al/c1-3-5-7-8-6-4-2;3*1-4(2)3;/h3-8H2,1-2H3;3*4H,1H2,2-3H3;. The number of hydrogen-bond donors (Lipinski definition) is 0. The highest BCUT2D eigenvalue weighted by molar-refractivity contribution is 6.58. The lowest BCUT2D eigenvalue weighted by Gasteiger charge is -2.17. The summed E-state index contributed by atoms with van der Waals surface area (Å²) in [5.74, 6) is 2.78. The molecule has 0 aliphatic heterocycles. The van der Waals surface area contributed by atoms with Gasteiger partial charge in [-0.2, -0.15) is 0 Å². The van der Waals surface area contributed by atoms with Gasteiger partial charge in [0.05, 0.1) is 0 Å². The average Bonchev–Trinajstić information content (AvgIpc) is 2.33. The van der Waals surface area contributed by atoms with Crippen LogP contribution >= 0.6 is 0 Å². The Bertz CT molecular complexity index is 155. The molecule has 0 nitrogen and oxygen atoms in total. The monoisotopic (exact) mass is 312 g/mol. The van der Waals surface area contributed by atoms with Crippen LogP contribution in [0.1, 0.15) is 93.9 Å². The zero-order valence-electron chi connectivity index (χ0n) is 16.7. The maximum atomic E-state index is 2.38. The second kappa shape index (κ2) is 16.9.